The molecule has 44 heavy (non-hydrogen) atoms. The molecule has 2 saturated heterocycles. The molecule has 0 spiro atoms. The Bertz CT molecular complexity index is 1490. The quantitative estimate of drug-likeness (QED) is 0.334. The molecule has 2 aliphatic heterocycles. The van der Waals surface area contributed by atoms with E-state index < -0.39 is 24.0 Å². The van der Waals surface area contributed by atoms with Crippen molar-refractivity contribution in [2.45, 2.75) is 63.1 Å². The Morgan fingerprint density at radius 1 is 1.05 bits per heavy atom. The highest BCUT2D eigenvalue weighted by Crippen LogP contribution is 2.40. The highest BCUT2D eigenvalue weighted by Gasteiger charge is 2.35. The molecular weight excluding hydrogens is 566 g/mol. The Morgan fingerprint density at radius 2 is 1.86 bits per heavy atom. The Balaban J connectivity index is 1.09. The lowest BCUT2D eigenvalue weighted by molar-refractivity contribution is -0.138. The van der Waals surface area contributed by atoms with Crippen molar-refractivity contribution in [3.05, 3.63) is 77.8 Å². The first-order chi connectivity index (χ1) is 21.3. The molecule has 1 aliphatic carbocycles. The normalized spacial score (nSPS) is 21.2. The van der Waals surface area contributed by atoms with Crippen LogP contribution in [0.25, 0.3) is 0 Å². The number of nitrogens with one attached hydrogen (secondary N) is 2. The van der Waals surface area contributed by atoms with E-state index in [1.807, 2.05) is 19.1 Å². The number of amides is 3. The molecular formula is C32H35N5O7. The van der Waals surface area contributed by atoms with Gasteiger partial charge in [-0.3, -0.25) is 19.2 Å². The minimum atomic E-state index is -0.553. The van der Waals surface area contributed by atoms with Crippen LogP contribution >= 0.6 is 0 Å². The summed E-state index contributed by atoms with van der Waals surface area (Å²) < 4.78 is 16.4. The zero-order chi connectivity index (χ0) is 30.6. The molecule has 3 fully saturated rings. The molecule has 3 amide bonds. The number of aromatic nitrogens is 2. The molecule has 4 atom stereocenters. The summed E-state index contributed by atoms with van der Waals surface area (Å²) in [6.45, 7) is 2.92. The van der Waals surface area contributed by atoms with Crippen molar-refractivity contribution in [3.8, 4) is 5.75 Å². The van der Waals surface area contributed by atoms with Gasteiger partial charge in [-0.1, -0.05) is 24.3 Å². The van der Waals surface area contributed by atoms with Crippen LogP contribution in [0.5, 0.6) is 5.75 Å². The van der Waals surface area contributed by atoms with Crippen LogP contribution in [-0.2, 0) is 14.3 Å². The molecule has 12 nitrogen and oxygen atoms in total. The Morgan fingerprint density at radius 3 is 2.52 bits per heavy atom. The van der Waals surface area contributed by atoms with E-state index in [1.54, 1.807) is 17.0 Å². The molecule has 12 heteroatoms. The van der Waals surface area contributed by atoms with Crippen LogP contribution in [0.3, 0.4) is 0 Å². The van der Waals surface area contributed by atoms with Crippen molar-refractivity contribution in [3.63, 3.8) is 0 Å². The van der Waals surface area contributed by atoms with Crippen molar-refractivity contribution < 1.29 is 33.1 Å². The molecule has 3 aliphatic rings. The van der Waals surface area contributed by atoms with Gasteiger partial charge in [0, 0.05) is 19.1 Å². The second kappa shape index (κ2) is 12.9. The van der Waals surface area contributed by atoms with Gasteiger partial charge in [-0.25, -0.2) is 9.97 Å². The third-order valence-electron chi connectivity index (χ3n) is 8.29. The summed E-state index contributed by atoms with van der Waals surface area (Å²) >= 11 is 0. The molecule has 6 rings (SSSR count). The van der Waals surface area contributed by atoms with Gasteiger partial charge in [0.25, 0.3) is 11.8 Å². The van der Waals surface area contributed by atoms with Crippen molar-refractivity contribution in [1.82, 2.24) is 25.5 Å². The number of rotatable bonds is 10. The van der Waals surface area contributed by atoms with Crippen molar-refractivity contribution >= 4 is 23.7 Å². The Labute approximate surface area is 254 Å². The number of likely N-dealkylation sites (tertiary alicyclic amines) is 1. The monoisotopic (exact) mass is 601 g/mol. The lowest BCUT2D eigenvalue weighted by atomic mass is 10.00. The molecule has 3 aromatic rings. The molecule has 230 valence electrons. The predicted octanol–water partition coefficient (Wildman–Crippen LogP) is 3.17. The summed E-state index contributed by atoms with van der Waals surface area (Å²) in [5.41, 5.74) is 2.38. The molecule has 4 heterocycles. The lowest BCUT2D eigenvalue weighted by Crippen LogP contribution is -2.51. The molecule has 1 aromatic carbocycles. The highest BCUT2D eigenvalue weighted by atomic mass is 16.5. The van der Waals surface area contributed by atoms with Gasteiger partial charge in [-0.2, -0.15) is 0 Å². The topological polar surface area (TPSA) is 153 Å². The maximum Gasteiger partial charge on any atom is 0.306 e. The summed E-state index contributed by atoms with van der Waals surface area (Å²) in [5, 5.41) is 5.91. The first kappa shape index (κ1) is 29.3. The van der Waals surface area contributed by atoms with E-state index in [9.17, 15) is 19.2 Å². The van der Waals surface area contributed by atoms with Crippen LogP contribution < -0.4 is 15.4 Å². The summed E-state index contributed by atoms with van der Waals surface area (Å²) in [4.78, 5) is 59.8. The second-order valence-corrected chi connectivity index (χ2v) is 11.7. The van der Waals surface area contributed by atoms with Crippen molar-refractivity contribution in [2.24, 2.45) is 5.92 Å². The Hall–Kier alpha value is -4.74. The average Bonchev–Trinajstić information content (AvgIpc) is 3.55. The number of nitrogens with zero attached hydrogens (tertiary/aromatic N) is 3. The van der Waals surface area contributed by atoms with Gasteiger partial charge in [0.15, 0.2) is 6.39 Å². The van der Waals surface area contributed by atoms with E-state index in [0.717, 1.165) is 18.4 Å². The number of ether oxygens (including phenoxy) is 2. The Kier molecular flexibility index (Phi) is 8.58. The number of pyridine rings is 1. The number of benzene rings is 1. The molecule has 2 unspecified atom stereocenters. The van der Waals surface area contributed by atoms with Gasteiger partial charge in [0.1, 0.15) is 24.2 Å². The number of piperidine rings is 1. The standard InChI is InChI=1S/C32H35N5O7/c1-19(35-31(40)27-15-33-18-43-27)29(22-8-6-21(7-9-22)20-4-5-20)44-25-10-11-26(34-14-25)30(39)36-24-3-2-12-37(16-24)32(41)23-13-28(38)42-17-23/h6-11,14-15,18-20,23-24,29H,2-5,12-13,16-17H2,1H3,(H,35,40)(H,36,39)/t19?,23-,24+,29?/m1/s1. The van der Waals surface area contributed by atoms with Crippen LogP contribution in [0.15, 0.2) is 59.6 Å². The summed E-state index contributed by atoms with van der Waals surface area (Å²) in [5.74, 6) is -0.536. The number of hydrogen-bond acceptors (Lipinski definition) is 9. The third-order valence-corrected chi connectivity index (χ3v) is 8.29. The van der Waals surface area contributed by atoms with Crippen LogP contribution in [0, 0.1) is 5.92 Å². The summed E-state index contributed by atoms with van der Waals surface area (Å²) in [6, 6.07) is 10.8. The van der Waals surface area contributed by atoms with E-state index >= 15 is 0 Å². The van der Waals surface area contributed by atoms with E-state index in [4.69, 9.17) is 13.9 Å². The van der Waals surface area contributed by atoms with Crippen LogP contribution in [-0.4, -0.2) is 70.3 Å². The maximum absolute atomic E-state index is 13.0. The number of hydrogen-bond donors (Lipinski definition) is 2. The van der Waals surface area contributed by atoms with Gasteiger partial charge >= 0.3 is 5.97 Å². The molecule has 1 saturated carbocycles. The fourth-order valence-electron chi connectivity index (χ4n) is 5.73. The first-order valence-corrected chi connectivity index (χ1v) is 15.0. The SMILES string of the molecule is CC(NC(=O)c1cnco1)C(Oc1ccc(C(=O)N[C@H]2CCCN(C(=O)[C@H]3COC(=O)C3)C2)nc1)c1ccc(C2CC2)cc1. The lowest BCUT2D eigenvalue weighted by Gasteiger charge is -2.34. The number of carbonyl (C=O) groups excluding carboxylic acids is 4. The largest absolute Gasteiger partial charge is 0.482 e. The minimum Gasteiger partial charge on any atom is -0.482 e. The molecule has 0 bridgehead atoms. The van der Waals surface area contributed by atoms with E-state index in [-0.39, 0.29) is 48.3 Å². The van der Waals surface area contributed by atoms with Gasteiger partial charge in [-0.15, -0.1) is 0 Å². The van der Waals surface area contributed by atoms with E-state index in [0.29, 0.717) is 24.8 Å². The molecule has 2 N–H and O–H groups in total. The summed E-state index contributed by atoms with van der Waals surface area (Å²) in [7, 11) is 0. The fourth-order valence-corrected chi connectivity index (χ4v) is 5.73. The van der Waals surface area contributed by atoms with Crippen LogP contribution in [0.1, 0.15) is 83.2 Å². The third kappa shape index (κ3) is 6.90. The minimum absolute atomic E-state index is 0.101. The van der Waals surface area contributed by atoms with Crippen LogP contribution in [0.2, 0.25) is 0 Å². The predicted molar refractivity (Wildman–Crippen MR) is 156 cm³/mol. The zero-order valence-corrected chi connectivity index (χ0v) is 24.4. The molecule has 0 radical (unpaired) electrons. The number of cyclic esters (lactones) is 1. The van der Waals surface area contributed by atoms with Gasteiger partial charge in [0.2, 0.25) is 11.7 Å². The van der Waals surface area contributed by atoms with Gasteiger partial charge < -0.3 is 29.4 Å². The van der Waals surface area contributed by atoms with Crippen LogP contribution in [0.4, 0.5) is 0 Å². The van der Waals surface area contributed by atoms with Crippen molar-refractivity contribution in [2.75, 3.05) is 19.7 Å². The zero-order valence-electron chi connectivity index (χ0n) is 24.4. The fraction of sp³-hybridized carbons (Fsp3) is 0.438. The van der Waals surface area contributed by atoms with E-state index in [1.165, 1.54) is 37.2 Å². The highest BCUT2D eigenvalue weighted by molar-refractivity contribution is 5.93. The van der Waals surface area contributed by atoms with Gasteiger partial charge in [-0.05, 0) is 61.8 Å². The van der Waals surface area contributed by atoms with Crippen molar-refractivity contribution in [1.29, 1.82) is 0 Å². The summed E-state index contributed by atoms with van der Waals surface area (Å²) in [6.07, 6.45) is 7.46. The average molecular weight is 602 g/mol. The number of oxazole rings is 1. The second-order valence-electron chi connectivity index (χ2n) is 11.7. The maximum atomic E-state index is 13.0. The molecule has 2 aromatic heterocycles. The van der Waals surface area contributed by atoms with Gasteiger partial charge in [0.05, 0.1) is 30.8 Å². The first-order valence-electron chi connectivity index (χ1n) is 15.0. The number of carbonyl (C=O) groups is 4. The number of esters is 1. The smallest absolute Gasteiger partial charge is 0.306 e. The van der Waals surface area contributed by atoms with E-state index in [2.05, 4.69) is 32.7 Å².